The fraction of sp³-hybridized carbons (Fsp3) is 0.0426. The van der Waals surface area contributed by atoms with Gasteiger partial charge >= 0.3 is 0 Å². The summed E-state index contributed by atoms with van der Waals surface area (Å²) < 4.78 is 0. The van der Waals surface area contributed by atoms with Gasteiger partial charge in [0.2, 0.25) is 13.4 Å². The molecule has 0 unspecified atom stereocenters. The number of fused-ring (bicyclic) bond motifs is 4. The Morgan fingerprint density at radius 1 is 0.263 bits per heavy atom. The van der Waals surface area contributed by atoms with E-state index < -0.39 is 0 Å². The molecule has 0 saturated heterocycles. The summed E-state index contributed by atoms with van der Waals surface area (Å²) in [4.78, 5) is 7.26. The summed E-state index contributed by atoms with van der Waals surface area (Å²) in [5, 5.41) is 0. The van der Waals surface area contributed by atoms with E-state index in [1.54, 1.807) is 0 Å². The van der Waals surface area contributed by atoms with Gasteiger partial charge in [-0.05, 0) is 185 Å². The van der Waals surface area contributed by atoms with Gasteiger partial charge in [-0.15, -0.1) is 0 Å². The number of para-hydroxylation sites is 6. The van der Waals surface area contributed by atoms with Gasteiger partial charge in [-0.1, -0.05) is 322 Å². The average Bonchev–Trinajstić information content (AvgIpc) is 0.723. The van der Waals surface area contributed by atoms with Gasteiger partial charge in [-0.25, -0.2) is 0 Å². The van der Waals surface area contributed by atoms with Crippen molar-refractivity contribution in [1.29, 1.82) is 0 Å². The molecule has 5 heteroatoms. The van der Waals surface area contributed by atoms with Crippen LogP contribution in [-0.2, 0) is 11.8 Å². The lowest BCUT2D eigenvalue weighted by atomic mass is 9.33. The Bertz CT molecular complexity index is 5210. The lowest BCUT2D eigenvalue weighted by Crippen LogP contribution is -2.58. The summed E-state index contributed by atoms with van der Waals surface area (Å²) >= 11 is 0. The third-order valence-corrected chi connectivity index (χ3v) is 20.4. The van der Waals surface area contributed by atoms with E-state index in [1.807, 2.05) is 0 Å². The Kier molecular flexibility index (Phi) is 15.9. The van der Waals surface area contributed by atoms with Crippen molar-refractivity contribution < 1.29 is 0 Å². The molecule has 0 N–H and O–H groups in total. The minimum absolute atomic E-state index is 0.0784. The van der Waals surface area contributed by atoms with Gasteiger partial charge in [-0.2, -0.15) is 0 Å². The molecule has 0 radical (unpaired) electrons. The first-order chi connectivity index (χ1) is 48.9. The van der Waals surface area contributed by atoms with Crippen LogP contribution in [0.4, 0.5) is 51.2 Å². The summed E-state index contributed by atoms with van der Waals surface area (Å²) in [6.45, 7) is 4.70. The largest absolute Gasteiger partial charge is 0.312 e. The third-order valence-electron chi connectivity index (χ3n) is 20.4. The maximum Gasteiger partial charge on any atom is 0.248 e. The number of benzene rings is 15. The van der Waals surface area contributed by atoms with Crippen molar-refractivity contribution in [3.8, 4) is 55.6 Å². The first-order valence-electron chi connectivity index (χ1n) is 34.6. The Labute approximate surface area is 583 Å². The molecule has 0 spiro atoms. The normalized spacial score (nSPS) is 12.3. The monoisotopic (exact) mass is 1260 g/mol. The van der Waals surface area contributed by atoms with E-state index in [9.17, 15) is 0 Å². The maximum atomic E-state index is 2.56. The van der Waals surface area contributed by atoms with E-state index in [0.717, 1.165) is 46.0 Å². The second kappa shape index (κ2) is 26.1. The van der Waals surface area contributed by atoms with Crippen LogP contribution in [0.5, 0.6) is 0 Å². The van der Waals surface area contributed by atoms with Crippen LogP contribution in [0.2, 0.25) is 0 Å². The number of rotatable bonds is 15. The molecule has 2 aliphatic heterocycles. The molecule has 0 saturated carbocycles. The van der Waals surface area contributed by atoms with Crippen molar-refractivity contribution in [3.63, 3.8) is 0 Å². The van der Waals surface area contributed by atoms with Crippen LogP contribution in [-0.4, -0.2) is 13.4 Å². The molecule has 0 aliphatic carbocycles. The minimum Gasteiger partial charge on any atom is -0.312 e. The molecule has 468 valence electrons. The Morgan fingerprint density at radius 2 is 0.586 bits per heavy atom. The van der Waals surface area contributed by atoms with E-state index >= 15 is 0 Å². The Hall–Kier alpha value is -12.2. The first-order valence-corrected chi connectivity index (χ1v) is 34.6. The molecule has 15 aromatic carbocycles. The SMILES string of the molecule is CC(C)(Cc1ccc(-c2cccc(-c3ccccc3)c2B2c3ccccc3N(c3ccc(-c4ccc(N(c5ccccc5)c5ccccc5)cc4)cc3)c3ccccc32)cc1)c1ccc2c(c1)B(c1c(-c3ccccc3)cccc1-c1ccccc1)c1ccccc1N2c1ccccc1. The summed E-state index contributed by atoms with van der Waals surface area (Å²) in [5.74, 6) is 0. The van der Waals surface area contributed by atoms with E-state index in [2.05, 4.69) is 411 Å². The Morgan fingerprint density at radius 3 is 1.02 bits per heavy atom. The van der Waals surface area contributed by atoms with E-state index in [-0.39, 0.29) is 18.8 Å². The Balaban J connectivity index is 0.723. The van der Waals surface area contributed by atoms with Gasteiger partial charge < -0.3 is 14.7 Å². The highest BCUT2D eigenvalue weighted by molar-refractivity contribution is 7.00. The second-order valence-electron chi connectivity index (χ2n) is 26.8. The number of hydrogen-bond acceptors (Lipinski definition) is 3. The molecular weight excluding hydrogens is 1190 g/mol. The molecule has 0 aromatic heterocycles. The predicted molar refractivity (Wildman–Crippen MR) is 423 cm³/mol. The van der Waals surface area contributed by atoms with Crippen molar-refractivity contribution in [3.05, 3.63) is 393 Å². The van der Waals surface area contributed by atoms with Crippen LogP contribution >= 0.6 is 0 Å². The molecule has 0 amide bonds. The average molecular weight is 1260 g/mol. The summed E-state index contributed by atoms with van der Waals surface area (Å²) in [7, 11) is 0. The number of anilines is 9. The van der Waals surface area contributed by atoms with Crippen molar-refractivity contribution in [1.82, 2.24) is 0 Å². The quantitative estimate of drug-likeness (QED) is 0.0947. The number of nitrogens with zero attached hydrogens (tertiary/aromatic N) is 3. The highest BCUT2D eigenvalue weighted by Crippen LogP contribution is 2.43. The lowest BCUT2D eigenvalue weighted by molar-refractivity contribution is 0.523. The van der Waals surface area contributed by atoms with Crippen molar-refractivity contribution >= 4 is 97.4 Å². The molecule has 0 fully saturated rings. The zero-order chi connectivity index (χ0) is 66.2. The zero-order valence-electron chi connectivity index (χ0n) is 55.6. The van der Waals surface area contributed by atoms with Gasteiger partial charge in [0, 0.05) is 51.2 Å². The number of hydrogen-bond donors (Lipinski definition) is 0. The summed E-state index contributed by atoms with van der Waals surface area (Å²) in [5.41, 5.74) is 32.5. The van der Waals surface area contributed by atoms with Crippen molar-refractivity contribution in [2.45, 2.75) is 25.7 Å². The third kappa shape index (κ3) is 11.3. The fourth-order valence-corrected chi connectivity index (χ4v) is 15.8. The van der Waals surface area contributed by atoms with Crippen LogP contribution in [0.25, 0.3) is 55.6 Å². The van der Waals surface area contributed by atoms with Gasteiger partial charge in [0.25, 0.3) is 0 Å². The van der Waals surface area contributed by atoms with Crippen molar-refractivity contribution in [2.24, 2.45) is 0 Å². The molecule has 17 rings (SSSR count). The van der Waals surface area contributed by atoms with Crippen LogP contribution < -0.4 is 47.5 Å². The van der Waals surface area contributed by atoms with Crippen LogP contribution in [0.15, 0.2) is 382 Å². The highest BCUT2D eigenvalue weighted by atomic mass is 15.2. The fourth-order valence-electron chi connectivity index (χ4n) is 15.8. The second-order valence-corrected chi connectivity index (χ2v) is 26.8. The molecule has 15 aromatic rings. The first kappa shape index (κ1) is 60.5. The van der Waals surface area contributed by atoms with Crippen LogP contribution in [0.1, 0.15) is 25.0 Å². The lowest BCUT2D eigenvalue weighted by Gasteiger charge is -2.39. The van der Waals surface area contributed by atoms with E-state index in [1.165, 1.54) is 111 Å². The topological polar surface area (TPSA) is 9.72 Å². The molecule has 3 nitrogen and oxygen atoms in total. The van der Waals surface area contributed by atoms with Crippen LogP contribution in [0, 0.1) is 0 Å². The predicted octanol–water partition coefficient (Wildman–Crippen LogP) is 20.6. The van der Waals surface area contributed by atoms with E-state index in [4.69, 9.17) is 0 Å². The van der Waals surface area contributed by atoms with Gasteiger partial charge in [-0.3, -0.25) is 0 Å². The van der Waals surface area contributed by atoms with Crippen LogP contribution in [0.3, 0.4) is 0 Å². The maximum absolute atomic E-state index is 2.56. The van der Waals surface area contributed by atoms with Gasteiger partial charge in [0.1, 0.15) is 0 Å². The summed E-state index contributed by atoms with van der Waals surface area (Å²) in [6, 6.07) is 141. The molecule has 0 bridgehead atoms. The smallest absolute Gasteiger partial charge is 0.248 e. The molecule has 0 atom stereocenters. The molecule has 2 aliphatic rings. The minimum atomic E-state index is -0.253. The zero-order valence-corrected chi connectivity index (χ0v) is 55.6. The van der Waals surface area contributed by atoms with E-state index in [0.29, 0.717) is 0 Å². The van der Waals surface area contributed by atoms with Crippen molar-refractivity contribution in [2.75, 3.05) is 14.7 Å². The standard InChI is InChI=1S/C94H71B2N3/c1-94(2,74-59-64-91-87(65-74)96(86-47-23-26-50-90(86)98(91)77-39-19-8-20-40-77)93-81(71-31-11-4-12-32-71)42-27-43-82(93)72-33-13-5-14-34-72)66-67-51-53-73(54-52-67)83-44-28-41-80(70-29-9-3-10-30-70)92(83)95-84-45-21-24-48-88(84)99(89-49-25-22-46-85(89)95)79-62-57-69(58-63-79)68-55-60-78(61-56-68)97(75-35-15-6-16-36-75)76-37-17-7-18-38-76/h3-65H,66H2,1-2H3. The molecule has 2 heterocycles. The highest BCUT2D eigenvalue weighted by Gasteiger charge is 2.41. The van der Waals surface area contributed by atoms with Gasteiger partial charge in [0.15, 0.2) is 0 Å². The summed E-state index contributed by atoms with van der Waals surface area (Å²) in [6.07, 6.45) is 0.844. The molecule has 99 heavy (non-hydrogen) atoms. The molecular formula is C94H71B2N3. The van der Waals surface area contributed by atoms with Gasteiger partial charge in [0.05, 0.1) is 0 Å².